The number of anilines is 2. The number of halogens is 2. The first-order valence-corrected chi connectivity index (χ1v) is 4.57. The van der Waals surface area contributed by atoms with Gasteiger partial charge in [-0.05, 0) is 15.9 Å². The second-order valence-electron chi connectivity index (χ2n) is 2.26. The Labute approximate surface area is 84.1 Å². The van der Waals surface area contributed by atoms with Gasteiger partial charge in [0.1, 0.15) is 12.5 Å². The van der Waals surface area contributed by atoms with Crippen molar-refractivity contribution < 1.29 is 4.39 Å². The summed E-state index contributed by atoms with van der Waals surface area (Å²) in [6.45, 7) is -0.176. The first kappa shape index (κ1) is 10.2. The van der Waals surface area contributed by atoms with E-state index in [1.165, 1.54) is 0 Å². The maximum Gasteiger partial charge on any atom is 0.224 e. The van der Waals surface area contributed by atoms with Crippen molar-refractivity contribution in [1.82, 2.24) is 9.97 Å². The highest BCUT2D eigenvalue weighted by molar-refractivity contribution is 9.10. The molecule has 2 N–H and O–H groups in total. The molecule has 0 saturated heterocycles. The Morgan fingerprint density at radius 1 is 1.62 bits per heavy atom. The van der Waals surface area contributed by atoms with Gasteiger partial charge in [0.05, 0.1) is 4.47 Å². The second kappa shape index (κ2) is 4.96. The maximum atomic E-state index is 11.9. The molecule has 0 aliphatic rings. The molecule has 0 aliphatic heterocycles. The molecular formula is C7H10BrFN4. The predicted octanol–water partition coefficient (Wildman–Crippen LogP) is 1.66. The van der Waals surface area contributed by atoms with Crippen molar-refractivity contribution in [2.75, 3.05) is 30.9 Å². The van der Waals surface area contributed by atoms with E-state index in [1.54, 1.807) is 13.2 Å². The molecule has 0 bridgehead atoms. The third-order valence-corrected chi connectivity index (χ3v) is 1.93. The molecule has 0 radical (unpaired) electrons. The molecule has 0 spiro atoms. The molecule has 0 aliphatic carbocycles. The number of hydrogen-bond acceptors (Lipinski definition) is 4. The number of hydrogen-bond donors (Lipinski definition) is 2. The highest BCUT2D eigenvalue weighted by atomic mass is 79.9. The van der Waals surface area contributed by atoms with Gasteiger partial charge in [0.2, 0.25) is 5.95 Å². The van der Waals surface area contributed by atoms with Crippen LogP contribution in [0.1, 0.15) is 0 Å². The van der Waals surface area contributed by atoms with Gasteiger partial charge >= 0.3 is 0 Å². The summed E-state index contributed by atoms with van der Waals surface area (Å²) in [4.78, 5) is 8.04. The second-order valence-corrected chi connectivity index (χ2v) is 3.11. The monoisotopic (exact) mass is 248 g/mol. The Morgan fingerprint density at radius 2 is 2.38 bits per heavy atom. The summed E-state index contributed by atoms with van der Waals surface area (Å²) in [5.74, 6) is 1.10. The Bertz CT molecular complexity index is 281. The van der Waals surface area contributed by atoms with Crippen LogP contribution in [-0.2, 0) is 0 Å². The van der Waals surface area contributed by atoms with Crippen molar-refractivity contribution in [2.45, 2.75) is 0 Å². The van der Waals surface area contributed by atoms with Crippen molar-refractivity contribution in [2.24, 2.45) is 0 Å². The summed E-state index contributed by atoms with van der Waals surface area (Å²) in [6.07, 6.45) is 1.61. The van der Waals surface area contributed by atoms with Gasteiger partial charge in [-0.2, -0.15) is 4.98 Å². The van der Waals surface area contributed by atoms with Gasteiger partial charge in [-0.3, -0.25) is 0 Å². The van der Waals surface area contributed by atoms with Gasteiger partial charge in [0.25, 0.3) is 0 Å². The Hall–Kier alpha value is -0.910. The summed E-state index contributed by atoms with van der Waals surface area (Å²) in [7, 11) is 1.72. The molecule has 1 heterocycles. The number of nitrogens with zero attached hydrogens (tertiary/aromatic N) is 2. The number of alkyl halides is 1. The van der Waals surface area contributed by atoms with Crippen LogP contribution in [0, 0.1) is 0 Å². The molecule has 0 fully saturated rings. The van der Waals surface area contributed by atoms with E-state index in [4.69, 9.17) is 0 Å². The Kier molecular flexibility index (Phi) is 3.88. The van der Waals surface area contributed by atoms with Crippen LogP contribution in [0.4, 0.5) is 16.2 Å². The van der Waals surface area contributed by atoms with E-state index in [0.717, 1.165) is 4.47 Å². The summed E-state index contributed by atoms with van der Waals surface area (Å²) in [6, 6.07) is 0. The van der Waals surface area contributed by atoms with E-state index in [9.17, 15) is 4.39 Å². The van der Waals surface area contributed by atoms with Gasteiger partial charge in [0, 0.05) is 19.8 Å². The number of rotatable bonds is 4. The average molecular weight is 249 g/mol. The summed E-state index contributed by atoms with van der Waals surface area (Å²) >= 11 is 3.25. The zero-order valence-electron chi connectivity index (χ0n) is 7.14. The normalized spacial score (nSPS) is 9.77. The van der Waals surface area contributed by atoms with E-state index in [1.807, 2.05) is 0 Å². The van der Waals surface area contributed by atoms with E-state index in [2.05, 4.69) is 36.5 Å². The van der Waals surface area contributed by atoms with Crippen molar-refractivity contribution in [3.8, 4) is 0 Å². The average Bonchev–Trinajstić information content (AvgIpc) is 2.17. The van der Waals surface area contributed by atoms with Crippen LogP contribution >= 0.6 is 15.9 Å². The Morgan fingerprint density at radius 3 is 3.00 bits per heavy atom. The van der Waals surface area contributed by atoms with Crippen molar-refractivity contribution in [1.29, 1.82) is 0 Å². The van der Waals surface area contributed by atoms with Crippen LogP contribution in [-0.4, -0.2) is 30.2 Å². The van der Waals surface area contributed by atoms with E-state index in [-0.39, 0.29) is 6.54 Å². The number of aromatic nitrogens is 2. The molecule has 13 heavy (non-hydrogen) atoms. The van der Waals surface area contributed by atoms with Crippen LogP contribution in [0.15, 0.2) is 10.7 Å². The molecule has 0 saturated carbocycles. The molecular weight excluding hydrogens is 239 g/mol. The molecule has 1 rings (SSSR count). The van der Waals surface area contributed by atoms with Gasteiger partial charge < -0.3 is 10.6 Å². The fraction of sp³-hybridized carbons (Fsp3) is 0.429. The maximum absolute atomic E-state index is 11.9. The molecule has 72 valence electrons. The van der Waals surface area contributed by atoms with Gasteiger partial charge in [-0.15, -0.1) is 0 Å². The van der Waals surface area contributed by atoms with Crippen molar-refractivity contribution >= 4 is 27.7 Å². The van der Waals surface area contributed by atoms with Crippen LogP contribution < -0.4 is 10.6 Å². The van der Waals surface area contributed by atoms with E-state index in [0.29, 0.717) is 11.8 Å². The minimum Gasteiger partial charge on any atom is -0.366 e. The van der Waals surface area contributed by atoms with Gasteiger partial charge in [0.15, 0.2) is 0 Å². The van der Waals surface area contributed by atoms with E-state index < -0.39 is 6.67 Å². The molecule has 1 aromatic heterocycles. The molecule has 0 aromatic carbocycles. The lowest BCUT2D eigenvalue weighted by Crippen LogP contribution is -2.07. The molecule has 4 nitrogen and oxygen atoms in total. The zero-order valence-corrected chi connectivity index (χ0v) is 8.73. The predicted molar refractivity (Wildman–Crippen MR) is 53.7 cm³/mol. The smallest absolute Gasteiger partial charge is 0.224 e. The molecule has 0 amide bonds. The summed E-state index contributed by atoms with van der Waals surface area (Å²) < 4.78 is 12.6. The SMILES string of the molecule is CNc1ncc(Br)c(NCCF)n1. The fourth-order valence-electron chi connectivity index (χ4n) is 0.777. The highest BCUT2D eigenvalue weighted by Gasteiger charge is 2.02. The lowest BCUT2D eigenvalue weighted by Gasteiger charge is -2.06. The van der Waals surface area contributed by atoms with Crippen LogP contribution in [0.3, 0.4) is 0 Å². The fourth-order valence-corrected chi connectivity index (χ4v) is 1.11. The largest absolute Gasteiger partial charge is 0.366 e. The van der Waals surface area contributed by atoms with Crippen LogP contribution in [0.25, 0.3) is 0 Å². The highest BCUT2D eigenvalue weighted by Crippen LogP contribution is 2.19. The van der Waals surface area contributed by atoms with Crippen molar-refractivity contribution in [3.05, 3.63) is 10.7 Å². The van der Waals surface area contributed by atoms with Crippen LogP contribution in [0.2, 0.25) is 0 Å². The molecule has 1 aromatic rings. The van der Waals surface area contributed by atoms with Crippen molar-refractivity contribution in [3.63, 3.8) is 0 Å². The van der Waals surface area contributed by atoms with Crippen LogP contribution in [0.5, 0.6) is 0 Å². The minimum atomic E-state index is -0.425. The van der Waals surface area contributed by atoms with Gasteiger partial charge in [-0.25, -0.2) is 9.37 Å². The Balaban J connectivity index is 2.78. The van der Waals surface area contributed by atoms with E-state index >= 15 is 0 Å². The molecule has 0 atom stereocenters. The lowest BCUT2D eigenvalue weighted by molar-refractivity contribution is 0.512. The third-order valence-electron chi connectivity index (χ3n) is 1.35. The lowest BCUT2D eigenvalue weighted by atomic mass is 10.5. The number of nitrogens with one attached hydrogen (secondary N) is 2. The quantitative estimate of drug-likeness (QED) is 0.852. The molecule has 6 heteroatoms. The first-order chi connectivity index (χ1) is 6.27. The molecule has 0 unspecified atom stereocenters. The third kappa shape index (κ3) is 2.80. The summed E-state index contributed by atoms with van der Waals surface area (Å²) in [5.41, 5.74) is 0. The summed E-state index contributed by atoms with van der Waals surface area (Å²) in [5, 5.41) is 5.62. The topological polar surface area (TPSA) is 49.8 Å². The van der Waals surface area contributed by atoms with Gasteiger partial charge in [-0.1, -0.05) is 0 Å². The zero-order chi connectivity index (χ0) is 9.68. The standard InChI is InChI=1S/C7H10BrFN4/c1-10-7-12-4-5(8)6(13-7)11-3-2-9/h4H,2-3H2,1H3,(H2,10,11,12,13). The first-order valence-electron chi connectivity index (χ1n) is 3.78. The minimum absolute atomic E-state index is 0.249.